The second kappa shape index (κ2) is 6.56. The van der Waals surface area contributed by atoms with Crippen molar-refractivity contribution < 1.29 is 8.42 Å². The Balaban J connectivity index is 1.91. The number of rotatable bonds is 8. The van der Waals surface area contributed by atoms with E-state index in [0.29, 0.717) is 35.2 Å². The number of hydrogen-bond donors (Lipinski definition) is 2. The molecule has 1 aliphatic carbocycles. The van der Waals surface area contributed by atoms with E-state index < -0.39 is 10.0 Å². The van der Waals surface area contributed by atoms with Crippen molar-refractivity contribution in [2.24, 2.45) is 11.8 Å². The zero-order chi connectivity index (χ0) is 14.8. The third-order valence-corrected chi connectivity index (χ3v) is 6.54. The second-order valence-electron chi connectivity index (χ2n) is 5.98. The first-order valence-electron chi connectivity index (χ1n) is 7.19. The maximum Gasteiger partial charge on any atom is 0.250 e. The van der Waals surface area contributed by atoms with Gasteiger partial charge in [0.15, 0.2) is 0 Å². The Morgan fingerprint density at radius 3 is 2.65 bits per heavy atom. The molecule has 0 amide bonds. The van der Waals surface area contributed by atoms with Crippen molar-refractivity contribution in [3.05, 3.63) is 17.0 Å². The highest BCUT2D eigenvalue weighted by molar-refractivity contribution is 7.91. The third-order valence-electron chi connectivity index (χ3n) is 3.63. The number of nitrogens with one attached hydrogen (secondary N) is 2. The summed E-state index contributed by atoms with van der Waals surface area (Å²) in [6.45, 7) is 7.52. The Labute approximate surface area is 126 Å². The fraction of sp³-hybridized carbons (Fsp3) is 0.714. The Hall–Kier alpha value is -0.430. The van der Waals surface area contributed by atoms with Crippen LogP contribution in [0.5, 0.6) is 0 Å². The maximum atomic E-state index is 12.2. The third kappa shape index (κ3) is 4.55. The summed E-state index contributed by atoms with van der Waals surface area (Å²) in [6.07, 6.45) is 2.49. The van der Waals surface area contributed by atoms with Crippen LogP contribution in [-0.4, -0.2) is 21.0 Å². The molecule has 20 heavy (non-hydrogen) atoms. The molecule has 114 valence electrons. The predicted octanol–water partition coefficient (Wildman–Crippen LogP) is 2.57. The minimum Gasteiger partial charge on any atom is -0.310 e. The SMILES string of the molecule is CC(C)NCc1csc(S(=O)(=O)NCC(C)C2CC2)c1. The van der Waals surface area contributed by atoms with Crippen LogP contribution in [0, 0.1) is 11.8 Å². The van der Waals surface area contributed by atoms with Gasteiger partial charge in [0, 0.05) is 19.1 Å². The summed E-state index contributed by atoms with van der Waals surface area (Å²) in [5.41, 5.74) is 1.03. The Morgan fingerprint density at radius 1 is 1.35 bits per heavy atom. The van der Waals surface area contributed by atoms with Crippen LogP contribution < -0.4 is 10.0 Å². The molecule has 1 aliphatic rings. The van der Waals surface area contributed by atoms with Gasteiger partial charge in [0.25, 0.3) is 0 Å². The van der Waals surface area contributed by atoms with E-state index in [1.54, 1.807) is 6.07 Å². The molecule has 4 nitrogen and oxygen atoms in total. The molecule has 0 aromatic carbocycles. The van der Waals surface area contributed by atoms with Crippen molar-refractivity contribution in [3.8, 4) is 0 Å². The van der Waals surface area contributed by atoms with E-state index in [1.807, 2.05) is 5.38 Å². The van der Waals surface area contributed by atoms with Crippen LogP contribution in [0.4, 0.5) is 0 Å². The molecule has 1 aromatic heterocycles. The number of hydrogen-bond acceptors (Lipinski definition) is 4. The van der Waals surface area contributed by atoms with E-state index in [0.717, 1.165) is 5.56 Å². The Bertz CT molecular complexity index is 533. The highest BCUT2D eigenvalue weighted by Crippen LogP contribution is 2.36. The predicted molar refractivity (Wildman–Crippen MR) is 83.4 cm³/mol. The van der Waals surface area contributed by atoms with Gasteiger partial charge >= 0.3 is 0 Å². The van der Waals surface area contributed by atoms with Gasteiger partial charge in [-0.25, -0.2) is 13.1 Å². The van der Waals surface area contributed by atoms with Crippen LogP contribution in [0.15, 0.2) is 15.7 Å². The quantitative estimate of drug-likeness (QED) is 0.775. The highest BCUT2D eigenvalue weighted by atomic mass is 32.2. The van der Waals surface area contributed by atoms with E-state index in [1.165, 1.54) is 24.2 Å². The van der Waals surface area contributed by atoms with Crippen LogP contribution in [0.25, 0.3) is 0 Å². The van der Waals surface area contributed by atoms with Crippen LogP contribution in [0.2, 0.25) is 0 Å². The van der Waals surface area contributed by atoms with Crippen molar-refractivity contribution >= 4 is 21.4 Å². The second-order valence-corrected chi connectivity index (χ2v) is 8.88. The smallest absolute Gasteiger partial charge is 0.250 e. The van der Waals surface area contributed by atoms with Crippen molar-refractivity contribution in [2.45, 2.75) is 50.4 Å². The van der Waals surface area contributed by atoms with E-state index in [9.17, 15) is 8.42 Å². The van der Waals surface area contributed by atoms with Crippen LogP contribution in [0.3, 0.4) is 0 Å². The van der Waals surface area contributed by atoms with E-state index >= 15 is 0 Å². The molecule has 2 rings (SSSR count). The molecule has 1 fully saturated rings. The van der Waals surface area contributed by atoms with E-state index in [2.05, 4.69) is 30.8 Å². The summed E-state index contributed by atoms with van der Waals surface area (Å²) < 4.78 is 27.6. The fourth-order valence-electron chi connectivity index (χ4n) is 2.05. The monoisotopic (exact) mass is 316 g/mol. The average Bonchev–Trinajstić information content (AvgIpc) is 3.11. The van der Waals surface area contributed by atoms with Crippen molar-refractivity contribution in [1.82, 2.24) is 10.0 Å². The summed E-state index contributed by atoms with van der Waals surface area (Å²) >= 11 is 1.29. The Morgan fingerprint density at radius 2 is 2.05 bits per heavy atom. The first-order chi connectivity index (χ1) is 9.38. The maximum absolute atomic E-state index is 12.2. The fourth-order valence-corrected chi connectivity index (χ4v) is 4.45. The summed E-state index contributed by atoms with van der Waals surface area (Å²) in [6, 6.07) is 2.16. The van der Waals surface area contributed by atoms with Gasteiger partial charge in [-0.3, -0.25) is 0 Å². The molecule has 0 spiro atoms. The molecule has 1 unspecified atom stereocenters. The van der Waals surface area contributed by atoms with Gasteiger partial charge in [0.1, 0.15) is 4.21 Å². The number of sulfonamides is 1. The van der Waals surface area contributed by atoms with Gasteiger partial charge in [-0.05, 0) is 41.7 Å². The molecule has 0 saturated heterocycles. The molecular formula is C14H24N2O2S2. The van der Waals surface area contributed by atoms with E-state index in [-0.39, 0.29) is 0 Å². The van der Waals surface area contributed by atoms with Crippen LogP contribution in [0.1, 0.15) is 39.2 Å². The zero-order valence-electron chi connectivity index (χ0n) is 12.3. The van der Waals surface area contributed by atoms with Crippen LogP contribution >= 0.6 is 11.3 Å². The van der Waals surface area contributed by atoms with Gasteiger partial charge in [0.2, 0.25) is 10.0 Å². The minimum absolute atomic E-state index is 0.396. The standard InChI is InChI=1S/C14H24N2O2S2/c1-10(2)15-8-12-6-14(19-9-12)20(17,18)16-7-11(3)13-4-5-13/h6,9-11,13,15-16H,4-5,7-8H2,1-3H3. The number of thiophene rings is 1. The lowest BCUT2D eigenvalue weighted by molar-refractivity contribution is 0.492. The first kappa shape index (κ1) is 15.9. The minimum atomic E-state index is -3.34. The lowest BCUT2D eigenvalue weighted by Gasteiger charge is -2.10. The molecule has 2 N–H and O–H groups in total. The topological polar surface area (TPSA) is 58.2 Å². The van der Waals surface area contributed by atoms with Crippen molar-refractivity contribution in [2.75, 3.05) is 6.54 Å². The molecule has 1 saturated carbocycles. The molecule has 0 radical (unpaired) electrons. The summed E-state index contributed by atoms with van der Waals surface area (Å²) in [5, 5.41) is 5.20. The van der Waals surface area contributed by atoms with Crippen molar-refractivity contribution in [1.29, 1.82) is 0 Å². The van der Waals surface area contributed by atoms with E-state index in [4.69, 9.17) is 0 Å². The van der Waals surface area contributed by atoms with Gasteiger partial charge in [0.05, 0.1) is 0 Å². The lowest BCUT2D eigenvalue weighted by Crippen LogP contribution is -2.28. The lowest BCUT2D eigenvalue weighted by atomic mass is 10.1. The van der Waals surface area contributed by atoms with Crippen molar-refractivity contribution in [3.63, 3.8) is 0 Å². The summed E-state index contributed by atoms with van der Waals surface area (Å²) in [4.78, 5) is 0. The molecule has 1 heterocycles. The van der Waals surface area contributed by atoms with Crippen LogP contribution in [-0.2, 0) is 16.6 Å². The average molecular weight is 316 g/mol. The van der Waals surface area contributed by atoms with Gasteiger partial charge in [-0.2, -0.15) is 0 Å². The van der Waals surface area contributed by atoms with Gasteiger partial charge in [-0.1, -0.05) is 20.8 Å². The Kier molecular flexibility index (Phi) is 5.23. The summed E-state index contributed by atoms with van der Waals surface area (Å²) in [5.74, 6) is 1.15. The largest absolute Gasteiger partial charge is 0.310 e. The normalized spacial score (nSPS) is 17.6. The highest BCUT2D eigenvalue weighted by Gasteiger charge is 2.29. The zero-order valence-corrected chi connectivity index (χ0v) is 14.0. The molecule has 0 bridgehead atoms. The molecule has 1 atom stereocenters. The summed E-state index contributed by atoms with van der Waals surface area (Å²) in [7, 11) is -3.34. The molecular weight excluding hydrogens is 292 g/mol. The first-order valence-corrected chi connectivity index (χ1v) is 9.55. The molecule has 1 aromatic rings. The molecule has 0 aliphatic heterocycles. The van der Waals surface area contributed by atoms with Gasteiger partial charge in [-0.15, -0.1) is 11.3 Å². The molecule has 6 heteroatoms. The van der Waals surface area contributed by atoms with Gasteiger partial charge < -0.3 is 5.32 Å².